The molecule has 1 heterocycles. The monoisotopic (exact) mass is 358 g/mol. The summed E-state index contributed by atoms with van der Waals surface area (Å²) in [7, 11) is 0. The van der Waals surface area contributed by atoms with Crippen molar-refractivity contribution in [2.45, 2.75) is 18.5 Å². The topological polar surface area (TPSA) is 61.2 Å². The first-order valence-electron chi connectivity index (χ1n) is 7.71. The molecule has 0 saturated carbocycles. The number of hydrogen-bond donors (Lipinski definition) is 0. The third-order valence-corrected chi connectivity index (χ3v) is 4.43. The molecule has 2 aromatic carbocycles. The van der Waals surface area contributed by atoms with Gasteiger partial charge in [0.15, 0.2) is 0 Å². The SMILES string of the molecule is CC(C#N)(CN1C(=O)c2ccccc2C1=O)c1cccc(C(F)(F)F)c1. The number of rotatable bonds is 3. The molecular weight excluding hydrogens is 345 g/mol. The van der Waals surface area contributed by atoms with Crippen LogP contribution in [0, 0.1) is 11.3 Å². The second kappa shape index (κ2) is 5.99. The first kappa shape index (κ1) is 17.7. The van der Waals surface area contributed by atoms with Gasteiger partial charge in [0.25, 0.3) is 11.8 Å². The Labute approximate surface area is 147 Å². The highest BCUT2D eigenvalue weighted by atomic mass is 19.4. The van der Waals surface area contributed by atoms with E-state index in [-0.39, 0.29) is 23.2 Å². The van der Waals surface area contributed by atoms with E-state index >= 15 is 0 Å². The quantitative estimate of drug-likeness (QED) is 0.785. The minimum absolute atomic E-state index is 0.0892. The summed E-state index contributed by atoms with van der Waals surface area (Å²) in [6.07, 6.45) is -4.55. The number of carbonyl (C=O) groups is 2. The van der Waals surface area contributed by atoms with E-state index in [0.717, 1.165) is 17.0 Å². The van der Waals surface area contributed by atoms with Gasteiger partial charge < -0.3 is 0 Å². The summed E-state index contributed by atoms with van der Waals surface area (Å²) in [6.45, 7) is 1.07. The van der Waals surface area contributed by atoms with Crippen LogP contribution in [-0.2, 0) is 11.6 Å². The van der Waals surface area contributed by atoms with Gasteiger partial charge in [-0.25, -0.2) is 0 Å². The molecule has 0 N–H and O–H groups in total. The lowest BCUT2D eigenvalue weighted by molar-refractivity contribution is -0.137. The maximum Gasteiger partial charge on any atom is 0.416 e. The molecule has 1 atom stereocenters. The molecule has 0 bridgehead atoms. The van der Waals surface area contributed by atoms with E-state index in [4.69, 9.17) is 0 Å². The van der Waals surface area contributed by atoms with Crippen molar-refractivity contribution in [2.75, 3.05) is 6.54 Å². The lowest BCUT2D eigenvalue weighted by Crippen LogP contribution is -2.41. The molecular formula is C19H13F3N2O2. The molecule has 7 heteroatoms. The van der Waals surface area contributed by atoms with Crippen molar-refractivity contribution in [3.63, 3.8) is 0 Å². The molecule has 0 aromatic heterocycles. The second-order valence-corrected chi connectivity index (χ2v) is 6.26. The van der Waals surface area contributed by atoms with Crippen molar-refractivity contribution < 1.29 is 22.8 Å². The van der Waals surface area contributed by atoms with Crippen molar-refractivity contribution >= 4 is 11.8 Å². The lowest BCUT2D eigenvalue weighted by Gasteiger charge is -2.27. The Morgan fingerprint density at radius 2 is 1.50 bits per heavy atom. The van der Waals surface area contributed by atoms with Gasteiger partial charge in [-0.3, -0.25) is 14.5 Å². The molecule has 26 heavy (non-hydrogen) atoms. The number of carbonyl (C=O) groups excluding carboxylic acids is 2. The van der Waals surface area contributed by atoms with Crippen molar-refractivity contribution in [2.24, 2.45) is 0 Å². The molecule has 1 aliphatic rings. The summed E-state index contributed by atoms with van der Waals surface area (Å²) in [5.74, 6) is -1.11. The molecule has 0 aliphatic carbocycles. The van der Waals surface area contributed by atoms with Crippen molar-refractivity contribution in [1.82, 2.24) is 4.90 Å². The molecule has 2 aromatic rings. The van der Waals surface area contributed by atoms with Gasteiger partial charge in [0.2, 0.25) is 0 Å². The van der Waals surface area contributed by atoms with Crippen LogP contribution in [0.15, 0.2) is 48.5 Å². The number of alkyl halides is 3. The zero-order valence-corrected chi connectivity index (χ0v) is 13.7. The maximum atomic E-state index is 13.0. The summed E-state index contributed by atoms with van der Waals surface area (Å²) in [5.41, 5.74) is -1.83. The number of fused-ring (bicyclic) bond motifs is 1. The van der Waals surface area contributed by atoms with Gasteiger partial charge in [-0.15, -0.1) is 0 Å². The molecule has 132 valence electrons. The molecule has 2 amide bonds. The number of imide groups is 1. The fourth-order valence-electron chi connectivity index (χ4n) is 2.93. The van der Waals surface area contributed by atoms with E-state index in [0.29, 0.717) is 0 Å². The Bertz CT molecular complexity index is 911. The fraction of sp³-hybridized carbons (Fsp3) is 0.211. The van der Waals surface area contributed by atoms with Gasteiger partial charge in [-0.1, -0.05) is 30.3 Å². The van der Waals surface area contributed by atoms with Gasteiger partial charge in [0.05, 0.1) is 34.7 Å². The van der Waals surface area contributed by atoms with E-state index in [1.807, 2.05) is 6.07 Å². The van der Waals surface area contributed by atoms with Gasteiger partial charge >= 0.3 is 6.18 Å². The fourth-order valence-corrected chi connectivity index (χ4v) is 2.93. The summed E-state index contributed by atoms with van der Waals surface area (Å²) >= 11 is 0. The molecule has 0 fully saturated rings. The van der Waals surface area contributed by atoms with Crippen LogP contribution >= 0.6 is 0 Å². The zero-order valence-electron chi connectivity index (χ0n) is 13.7. The first-order chi connectivity index (χ1) is 12.2. The molecule has 4 nitrogen and oxygen atoms in total. The van der Waals surface area contributed by atoms with Crippen LogP contribution < -0.4 is 0 Å². The Balaban J connectivity index is 1.97. The molecule has 3 rings (SSSR count). The molecule has 1 aliphatic heterocycles. The highest BCUT2D eigenvalue weighted by Gasteiger charge is 2.41. The van der Waals surface area contributed by atoms with Crippen molar-refractivity contribution in [3.8, 4) is 6.07 Å². The van der Waals surface area contributed by atoms with Crippen LogP contribution in [0.1, 0.15) is 38.8 Å². The van der Waals surface area contributed by atoms with Crippen LogP contribution in [-0.4, -0.2) is 23.3 Å². The number of nitriles is 1. The van der Waals surface area contributed by atoms with Crippen molar-refractivity contribution in [3.05, 3.63) is 70.8 Å². The number of amides is 2. The summed E-state index contributed by atoms with van der Waals surface area (Å²) in [5, 5.41) is 9.60. The van der Waals surface area contributed by atoms with Gasteiger partial charge in [0.1, 0.15) is 0 Å². The predicted octanol–water partition coefficient (Wildman–Crippen LogP) is 3.78. The standard InChI is InChI=1S/C19H13F3N2O2/c1-18(10-23,12-5-4-6-13(9-12)19(20,21)22)11-24-16(25)14-7-2-3-8-15(14)17(24)26/h2-9H,11H2,1H3. The van der Waals surface area contributed by atoms with E-state index in [2.05, 4.69) is 0 Å². The predicted molar refractivity (Wildman–Crippen MR) is 86.2 cm³/mol. The smallest absolute Gasteiger partial charge is 0.272 e. The highest BCUT2D eigenvalue weighted by molar-refractivity contribution is 6.21. The molecule has 0 saturated heterocycles. The summed E-state index contributed by atoms with van der Waals surface area (Å²) in [6, 6.07) is 12.6. The average Bonchev–Trinajstić information content (AvgIpc) is 2.86. The third-order valence-electron chi connectivity index (χ3n) is 4.43. The number of benzene rings is 2. The molecule has 0 spiro atoms. The molecule has 0 radical (unpaired) electrons. The van der Waals surface area contributed by atoms with E-state index in [1.165, 1.54) is 31.2 Å². The summed E-state index contributed by atoms with van der Waals surface area (Å²) < 4.78 is 38.9. The van der Waals surface area contributed by atoms with Crippen LogP contribution in [0.3, 0.4) is 0 Å². The van der Waals surface area contributed by atoms with Crippen LogP contribution in [0.5, 0.6) is 0 Å². The zero-order chi connectivity index (χ0) is 19.1. The van der Waals surface area contributed by atoms with Crippen LogP contribution in [0.2, 0.25) is 0 Å². The Kier molecular flexibility index (Phi) is 4.07. The first-order valence-corrected chi connectivity index (χ1v) is 7.71. The highest BCUT2D eigenvalue weighted by Crippen LogP contribution is 2.34. The Hall–Kier alpha value is -3.14. The third kappa shape index (κ3) is 2.84. The van der Waals surface area contributed by atoms with Crippen molar-refractivity contribution in [1.29, 1.82) is 5.26 Å². The lowest BCUT2D eigenvalue weighted by atomic mass is 9.82. The number of nitrogens with zero attached hydrogens (tertiary/aromatic N) is 2. The summed E-state index contributed by atoms with van der Waals surface area (Å²) in [4.78, 5) is 25.9. The van der Waals surface area contributed by atoms with Gasteiger partial charge in [-0.05, 0) is 30.7 Å². The van der Waals surface area contributed by atoms with Gasteiger partial charge in [0, 0.05) is 0 Å². The van der Waals surface area contributed by atoms with E-state index in [9.17, 15) is 28.0 Å². The van der Waals surface area contributed by atoms with Crippen LogP contribution in [0.25, 0.3) is 0 Å². The second-order valence-electron chi connectivity index (χ2n) is 6.26. The number of halogens is 3. The minimum atomic E-state index is -4.55. The van der Waals surface area contributed by atoms with Gasteiger partial charge in [-0.2, -0.15) is 18.4 Å². The average molecular weight is 358 g/mol. The largest absolute Gasteiger partial charge is 0.416 e. The number of hydrogen-bond acceptors (Lipinski definition) is 3. The molecule has 1 unspecified atom stereocenters. The Morgan fingerprint density at radius 3 is 2.00 bits per heavy atom. The normalized spacial score (nSPS) is 16.2. The Morgan fingerprint density at radius 1 is 0.962 bits per heavy atom. The van der Waals surface area contributed by atoms with E-state index in [1.54, 1.807) is 12.1 Å². The van der Waals surface area contributed by atoms with E-state index < -0.39 is 29.0 Å². The maximum absolute atomic E-state index is 13.0. The van der Waals surface area contributed by atoms with Crippen LogP contribution in [0.4, 0.5) is 13.2 Å². The minimum Gasteiger partial charge on any atom is -0.272 e.